The lowest BCUT2D eigenvalue weighted by molar-refractivity contribution is -0.137. The van der Waals surface area contributed by atoms with Gasteiger partial charge < -0.3 is 0 Å². The molecule has 0 fully saturated rings. The summed E-state index contributed by atoms with van der Waals surface area (Å²) in [5, 5.41) is 0. The number of benzene rings is 1. The predicted octanol–water partition coefficient (Wildman–Crippen LogP) is 3.50. The summed E-state index contributed by atoms with van der Waals surface area (Å²) >= 11 is 0. The molecule has 0 aliphatic heterocycles. The van der Waals surface area contributed by atoms with Gasteiger partial charge in [-0.2, -0.15) is 13.2 Å². The Labute approximate surface area is 107 Å². The van der Waals surface area contributed by atoms with Crippen molar-refractivity contribution in [3.05, 3.63) is 65.0 Å². The topological polar surface area (TPSA) is 30.0 Å². The van der Waals surface area contributed by atoms with Crippen LogP contribution in [0.2, 0.25) is 0 Å². The summed E-state index contributed by atoms with van der Waals surface area (Å²) in [5.41, 5.74) is 1.08. The highest BCUT2D eigenvalue weighted by Gasteiger charge is 2.30. The highest BCUT2D eigenvalue weighted by Crippen LogP contribution is 2.29. The minimum atomic E-state index is -4.38. The molecule has 0 amide bonds. The second-order valence-corrected chi connectivity index (χ2v) is 4.12. The molecule has 0 saturated carbocycles. The quantitative estimate of drug-likeness (QED) is 0.795. The number of hydrogen-bond donors (Lipinski definition) is 0. The molecule has 0 saturated heterocycles. The zero-order valence-electron chi connectivity index (χ0n) is 9.82. The van der Waals surface area contributed by atoms with Gasteiger partial charge in [-0.1, -0.05) is 24.3 Å². The minimum absolute atomic E-state index is 0.343. The standard InChI is InChI=1S/C14H10F3NO/c15-14(16,17)13-6-12(7-18-8-13)5-10-1-3-11(9-19)4-2-10/h1-4,6-9H,5H2. The summed E-state index contributed by atoms with van der Waals surface area (Å²) in [6, 6.07) is 7.77. The first-order valence-electron chi connectivity index (χ1n) is 5.54. The van der Waals surface area contributed by atoms with Crippen molar-refractivity contribution < 1.29 is 18.0 Å². The Kier molecular flexibility index (Phi) is 3.64. The maximum atomic E-state index is 12.5. The van der Waals surface area contributed by atoms with Crippen LogP contribution < -0.4 is 0 Å². The van der Waals surface area contributed by atoms with Crippen LogP contribution in [0.3, 0.4) is 0 Å². The van der Waals surface area contributed by atoms with Gasteiger partial charge in [-0.15, -0.1) is 0 Å². The molecule has 2 rings (SSSR count). The van der Waals surface area contributed by atoms with Crippen molar-refractivity contribution in [3.8, 4) is 0 Å². The number of alkyl halides is 3. The summed E-state index contributed by atoms with van der Waals surface area (Å²) in [4.78, 5) is 14.1. The van der Waals surface area contributed by atoms with Crippen LogP contribution in [-0.4, -0.2) is 11.3 Å². The highest BCUT2D eigenvalue weighted by molar-refractivity contribution is 5.74. The van der Waals surface area contributed by atoms with Crippen LogP contribution in [0.15, 0.2) is 42.7 Å². The third-order valence-corrected chi connectivity index (χ3v) is 2.65. The van der Waals surface area contributed by atoms with E-state index in [-0.39, 0.29) is 0 Å². The average Bonchev–Trinajstić information content (AvgIpc) is 2.39. The van der Waals surface area contributed by atoms with Crippen molar-refractivity contribution in [2.45, 2.75) is 12.6 Å². The highest BCUT2D eigenvalue weighted by atomic mass is 19.4. The van der Waals surface area contributed by atoms with Crippen molar-refractivity contribution in [2.24, 2.45) is 0 Å². The largest absolute Gasteiger partial charge is 0.417 e. The Morgan fingerprint density at radius 3 is 2.32 bits per heavy atom. The van der Waals surface area contributed by atoms with Crippen molar-refractivity contribution in [1.82, 2.24) is 4.98 Å². The van der Waals surface area contributed by atoms with Crippen molar-refractivity contribution in [3.63, 3.8) is 0 Å². The van der Waals surface area contributed by atoms with E-state index in [4.69, 9.17) is 0 Å². The third-order valence-electron chi connectivity index (χ3n) is 2.65. The van der Waals surface area contributed by atoms with Gasteiger partial charge in [-0.05, 0) is 23.6 Å². The van der Waals surface area contributed by atoms with Gasteiger partial charge in [0.1, 0.15) is 6.29 Å². The summed E-state index contributed by atoms with van der Waals surface area (Å²) in [6.07, 6.45) is -1.11. The van der Waals surface area contributed by atoms with Gasteiger partial charge in [0, 0.05) is 18.0 Å². The molecule has 0 atom stereocenters. The van der Waals surface area contributed by atoms with Crippen molar-refractivity contribution >= 4 is 6.29 Å². The molecule has 2 nitrogen and oxygen atoms in total. The van der Waals surface area contributed by atoms with E-state index in [1.807, 2.05) is 0 Å². The van der Waals surface area contributed by atoms with Gasteiger partial charge in [-0.3, -0.25) is 9.78 Å². The maximum Gasteiger partial charge on any atom is 0.417 e. The van der Waals surface area contributed by atoms with Crippen LogP contribution in [0.25, 0.3) is 0 Å². The molecule has 5 heteroatoms. The Hall–Kier alpha value is -2.17. The molecule has 2 aromatic rings. The Balaban J connectivity index is 2.20. The van der Waals surface area contributed by atoms with Gasteiger partial charge in [0.15, 0.2) is 0 Å². The number of hydrogen-bond acceptors (Lipinski definition) is 2. The number of carbonyl (C=O) groups is 1. The molecule has 0 bridgehead atoms. The van der Waals surface area contributed by atoms with E-state index >= 15 is 0 Å². The van der Waals surface area contributed by atoms with E-state index < -0.39 is 11.7 Å². The third kappa shape index (κ3) is 3.40. The van der Waals surface area contributed by atoms with Gasteiger partial charge in [0.2, 0.25) is 0 Å². The molecule has 0 aliphatic carbocycles. The van der Waals surface area contributed by atoms with E-state index in [0.29, 0.717) is 17.5 Å². The number of rotatable bonds is 3. The number of nitrogens with zero attached hydrogens (tertiary/aromatic N) is 1. The van der Waals surface area contributed by atoms with Crippen LogP contribution in [0.5, 0.6) is 0 Å². The number of carbonyl (C=O) groups excluding carboxylic acids is 1. The van der Waals surface area contributed by atoms with E-state index in [2.05, 4.69) is 4.98 Å². The molecule has 0 aliphatic rings. The summed E-state index contributed by atoms with van der Waals surface area (Å²) in [6.45, 7) is 0. The summed E-state index contributed by atoms with van der Waals surface area (Å²) in [7, 11) is 0. The molecule has 1 aromatic carbocycles. The Bertz CT molecular complexity index is 576. The lowest BCUT2D eigenvalue weighted by atomic mass is 10.0. The summed E-state index contributed by atoms with van der Waals surface area (Å²) in [5.74, 6) is 0. The van der Waals surface area contributed by atoms with E-state index in [9.17, 15) is 18.0 Å². The lowest BCUT2D eigenvalue weighted by Gasteiger charge is -2.08. The van der Waals surface area contributed by atoms with Crippen LogP contribution in [0, 0.1) is 0 Å². The second-order valence-electron chi connectivity index (χ2n) is 4.12. The Morgan fingerprint density at radius 1 is 1.05 bits per heavy atom. The summed E-state index contributed by atoms with van der Waals surface area (Å²) < 4.78 is 37.6. The van der Waals surface area contributed by atoms with Gasteiger partial charge >= 0.3 is 6.18 Å². The second kappa shape index (κ2) is 5.22. The molecule has 1 aromatic heterocycles. The number of pyridine rings is 1. The molecule has 98 valence electrons. The average molecular weight is 265 g/mol. The fourth-order valence-corrected chi connectivity index (χ4v) is 1.69. The zero-order chi connectivity index (χ0) is 13.9. The molecule has 0 spiro atoms. The van der Waals surface area contributed by atoms with Crippen molar-refractivity contribution in [1.29, 1.82) is 0 Å². The molecule has 0 radical (unpaired) electrons. The first-order chi connectivity index (χ1) is 8.99. The molecule has 1 heterocycles. The van der Waals surface area contributed by atoms with Crippen molar-refractivity contribution in [2.75, 3.05) is 0 Å². The predicted molar refractivity (Wildman–Crippen MR) is 63.9 cm³/mol. The van der Waals surface area contributed by atoms with Gasteiger partial charge in [-0.25, -0.2) is 0 Å². The van der Waals surface area contributed by atoms with Crippen LogP contribution in [-0.2, 0) is 12.6 Å². The molecule has 0 unspecified atom stereocenters. The zero-order valence-corrected chi connectivity index (χ0v) is 9.82. The minimum Gasteiger partial charge on any atom is -0.298 e. The SMILES string of the molecule is O=Cc1ccc(Cc2cncc(C(F)(F)F)c2)cc1. The number of aromatic nitrogens is 1. The molecule has 0 N–H and O–H groups in total. The van der Waals surface area contributed by atoms with Gasteiger partial charge in [0.05, 0.1) is 5.56 Å². The van der Waals surface area contributed by atoms with Crippen LogP contribution in [0.4, 0.5) is 13.2 Å². The van der Waals surface area contributed by atoms with Gasteiger partial charge in [0.25, 0.3) is 0 Å². The first kappa shape index (κ1) is 13.3. The Morgan fingerprint density at radius 2 is 1.74 bits per heavy atom. The normalized spacial score (nSPS) is 11.3. The number of aldehydes is 1. The number of halogens is 3. The van der Waals surface area contributed by atoms with Crippen LogP contribution in [0.1, 0.15) is 27.0 Å². The molecular formula is C14H10F3NO. The smallest absolute Gasteiger partial charge is 0.298 e. The fraction of sp³-hybridized carbons (Fsp3) is 0.143. The molecule has 19 heavy (non-hydrogen) atoms. The van der Waals surface area contributed by atoms with Crippen LogP contribution >= 0.6 is 0 Å². The van der Waals surface area contributed by atoms with E-state index in [1.54, 1.807) is 24.3 Å². The van der Waals surface area contributed by atoms with E-state index in [1.165, 1.54) is 6.20 Å². The van der Waals surface area contributed by atoms with E-state index in [0.717, 1.165) is 24.1 Å². The fourth-order valence-electron chi connectivity index (χ4n) is 1.69. The first-order valence-corrected chi connectivity index (χ1v) is 5.54. The maximum absolute atomic E-state index is 12.5. The monoisotopic (exact) mass is 265 g/mol. The molecular weight excluding hydrogens is 255 g/mol. The lowest BCUT2D eigenvalue weighted by Crippen LogP contribution is -2.06.